The molecule has 0 aliphatic heterocycles. The molecular weight excluding hydrogens is 298 g/mol. The molecule has 23 heavy (non-hydrogen) atoms. The van der Waals surface area contributed by atoms with Crippen LogP contribution >= 0.6 is 0 Å². The SMILES string of the molecule is COc1cc(NCc2cccc(OCC#N)c2)ccc1[N+](=O)[O-]. The summed E-state index contributed by atoms with van der Waals surface area (Å²) in [4.78, 5) is 10.4. The van der Waals surface area contributed by atoms with Gasteiger partial charge in [0.15, 0.2) is 12.4 Å². The average molecular weight is 313 g/mol. The van der Waals surface area contributed by atoms with Crippen molar-refractivity contribution < 1.29 is 14.4 Å². The Morgan fingerprint density at radius 1 is 1.30 bits per heavy atom. The van der Waals surface area contributed by atoms with Crippen LogP contribution in [0.15, 0.2) is 42.5 Å². The monoisotopic (exact) mass is 313 g/mol. The van der Waals surface area contributed by atoms with Gasteiger partial charge in [0.25, 0.3) is 0 Å². The zero-order chi connectivity index (χ0) is 16.7. The smallest absolute Gasteiger partial charge is 0.311 e. The fourth-order valence-electron chi connectivity index (χ4n) is 2.00. The number of hydrogen-bond acceptors (Lipinski definition) is 6. The Morgan fingerprint density at radius 3 is 2.83 bits per heavy atom. The molecule has 0 fully saturated rings. The maximum Gasteiger partial charge on any atom is 0.311 e. The van der Waals surface area contributed by atoms with Gasteiger partial charge in [-0.1, -0.05) is 12.1 Å². The summed E-state index contributed by atoms with van der Waals surface area (Å²) in [7, 11) is 1.39. The Bertz CT molecular complexity index is 740. The molecule has 2 rings (SSSR count). The van der Waals surface area contributed by atoms with Gasteiger partial charge in [-0.15, -0.1) is 0 Å². The highest BCUT2D eigenvalue weighted by atomic mass is 16.6. The van der Waals surface area contributed by atoms with Crippen LogP contribution in [0, 0.1) is 21.4 Å². The van der Waals surface area contributed by atoms with Crippen molar-refractivity contribution in [3.8, 4) is 17.6 Å². The molecule has 0 heterocycles. The number of ether oxygens (including phenoxy) is 2. The summed E-state index contributed by atoms with van der Waals surface area (Å²) in [5, 5.41) is 22.5. The van der Waals surface area contributed by atoms with Crippen LogP contribution in [0.2, 0.25) is 0 Å². The van der Waals surface area contributed by atoms with Gasteiger partial charge in [0, 0.05) is 24.4 Å². The number of nitro groups is 1. The number of rotatable bonds is 7. The molecule has 0 aliphatic rings. The van der Waals surface area contributed by atoms with Crippen LogP contribution in [0.1, 0.15) is 5.56 Å². The van der Waals surface area contributed by atoms with Crippen LogP contribution < -0.4 is 14.8 Å². The highest BCUT2D eigenvalue weighted by molar-refractivity contribution is 5.58. The molecule has 0 aliphatic carbocycles. The number of nitro benzene ring substituents is 1. The lowest BCUT2D eigenvalue weighted by Gasteiger charge is -2.10. The van der Waals surface area contributed by atoms with Gasteiger partial charge in [-0.3, -0.25) is 10.1 Å². The fourth-order valence-corrected chi connectivity index (χ4v) is 2.00. The van der Waals surface area contributed by atoms with Crippen molar-refractivity contribution in [1.29, 1.82) is 5.26 Å². The largest absolute Gasteiger partial charge is 0.490 e. The minimum absolute atomic E-state index is 0.00354. The van der Waals surface area contributed by atoms with Crippen molar-refractivity contribution in [2.75, 3.05) is 19.0 Å². The predicted molar refractivity (Wildman–Crippen MR) is 84.5 cm³/mol. The van der Waals surface area contributed by atoms with E-state index in [1.54, 1.807) is 18.2 Å². The lowest BCUT2D eigenvalue weighted by molar-refractivity contribution is -0.385. The van der Waals surface area contributed by atoms with Gasteiger partial charge in [-0.05, 0) is 23.8 Å². The topological polar surface area (TPSA) is 97.4 Å². The van der Waals surface area contributed by atoms with E-state index in [0.29, 0.717) is 18.0 Å². The first-order valence-electron chi connectivity index (χ1n) is 6.79. The second-order valence-corrected chi connectivity index (χ2v) is 4.59. The van der Waals surface area contributed by atoms with Gasteiger partial charge in [0.1, 0.15) is 11.8 Å². The minimum Gasteiger partial charge on any atom is -0.490 e. The Labute approximate surface area is 133 Å². The Kier molecular flexibility index (Phi) is 5.36. The van der Waals surface area contributed by atoms with E-state index in [9.17, 15) is 10.1 Å². The zero-order valence-electron chi connectivity index (χ0n) is 12.5. The normalized spacial score (nSPS) is 9.74. The summed E-state index contributed by atoms with van der Waals surface area (Å²) in [6, 6.07) is 13.9. The number of nitrogens with zero attached hydrogens (tertiary/aromatic N) is 2. The van der Waals surface area contributed by atoms with Crippen LogP contribution in [0.4, 0.5) is 11.4 Å². The quantitative estimate of drug-likeness (QED) is 0.623. The molecule has 0 spiro atoms. The maximum atomic E-state index is 10.9. The number of nitriles is 1. The average Bonchev–Trinajstić information content (AvgIpc) is 2.58. The maximum absolute atomic E-state index is 10.9. The Hall–Kier alpha value is -3.27. The number of anilines is 1. The van der Waals surface area contributed by atoms with E-state index in [0.717, 1.165) is 5.56 Å². The van der Waals surface area contributed by atoms with E-state index >= 15 is 0 Å². The standard InChI is InChI=1S/C16H15N3O4/c1-22-16-10-13(5-6-15(16)19(20)21)18-11-12-3-2-4-14(9-12)23-8-7-17/h2-6,9-10,18H,8,11H2,1H3. The fraction of sp³-hybridized carbons (Fsp3) is 0.188. The molecule has 0 aromatic heterocycles. The first-order valence-corrected chi connectivity index (χ1v) is 6.79. The lowest BCUT2D eigenvalue weighted by atomic mass is 10.2. The van der Waals surface area contributed by atoms with Gasteiger partial charge in [0.05, 0.1) is 12.0 Å². The van der Waals surface area contributed by atoms with Crippen LogP contribution in [0.5, 0.6) is 11.5 Å². The second kappa shape index (κ2) is 7.66. The highest BCUT2D eigenvalue weighted by Gasteiger charge is 2.14. The Balaban J connectivity index is 2.06. The summed E-state index contributed by atoms with van der Waals surface area (Å²) in [6.45, 7) is 0.501. The molecule has 7 heteroatoms. The van der Waals surface area contributed by atoms with Crippen molar-refractivity contribution in [2.45, 2.75) is 6.54 Å². The van der Waals surface area contributed by atoms with Crippen molar-refractivity contribution in [3.63, 3.8) is 0 Å². The van der Waals surface area contributed by atoms with Crippen LogP contribution in [0.3, 0.4) is 0 Å². The zero-order valence-corrected chi connectivity index (χ0v) is 12.5. The molecule has 0 bridgehead atoms. The molecule has 0 radical (unpaired) electrons. The number of benzene rings is 2. The molecule has 7 nitrogen and oxygen atoms in total. The third-order valence-corrected chi connectivity index (χ3v) is 3.07. The first-order chi connectivity index (χ1) is 11.1. The third-order valence-electron chi connectivity index (χ3n) is 3.07. The van der Waals surface area contributed by atoms with Crippen LogP contribution in [-0.4, -0.2) is 18.6 Å². The highest BCUT2D eigenvalue weighted by Crippen LogP contribution is 2.29. The lowest BCUT2D eigenvalue weighted by Crippen LogP contribution is -2.01. The summed E-state index contributed by atoms with van der Waals surface area (Å²) in [5.74, 6) is 0.818. The summed E-state index contributed by atoms with van der Waals surface area (Å²) < 4.78 is 10.3. The third kappa shape index (κ3) is 4.35. The molecule has 2 aromatic carbocycles. The van der Waals surface area contributed by atoms with Gasteiger partial charge in [-0.2, -0.15) is 5.26 Å². The molecule has 0 atom stereocenters. The van der Waals surface area contributed by atoms with Crippen molar-refractivity contribution in [1.82, 2.24) is 0 Å². The number of methoxy groups -OCH3 is 1. The van der Waals surface area contributed by atoms with Crippen LogP contribution in [0.25, 0.3) is 0 Å². The van der Waals surface area contributed by atoms with E-state index in [4.69, 9.17) is 14.7 Å². The minimum atomic E-state index is -0.487. The van der Waals surface area contributed by atoms with Gasteiger partial charge in [-0.25, -0.2) is 0 Å². The number of hydrogen-bond donors (Lipinski definition) is 1. The molecule has 0 saturated carbocycles. The van der Waals surface area contributed by atoms with E-state index < -0.39 is 4.92 Å². The molecule has 0 unspecified atom stereocenters. The molecule has 0 amide bonds. The van der Waals surface area contributed by atoms with Crippen molar-refractivity contribution in [3.05, 3.63) is 58.1 Å². The molecule has 1 N–H and O–H groups in total. The summed E-state index contributed by atoms with van der Waals surface area (Å²) in [6.07, 6.45) is 0. The molecule has 2 aromatic rings. The molecular formula is C16H15N3O4. The Morgan fingerprint density at radius 2 is 2.13 bits per heavy atom. The molecule has 118 valence electrons. The first kappa shape index (κ1) is 16.1. The van der Waals surface area contributed by atoms with Crippen molar-refractivity contribution in [2.24, 2.45) is 0 Å². The second-order valence-electron chi connectivity index (χ2n) is 4.59. The van der Waals surface area contributed by atoms with Gasteiger partial charge >= 0.3 is 5.69 Å². The van der Waals surface area contributed by atoms with E-state index in [-0.39, 0.29) is 18.0 Å². The molecule has 0 saturated heterocycles. The van der Waals surface area contributed by atoms with Gasteiger partial charge < -0.3 is 14.8 Å². The van der Waals surface area contributed by atoms with Gasteiger partial charge in [0.2, 0.25) is 0 Å². The predicted octanol–water partition coefficient (Wildman–Crippen LogP) is 3.12. The van der Waals surface area contributed by atoms with Crippen molar-refractivity contribution >= 4 is 11.4 Å². The summed E-state index contributed by atoms with van der Waals surface area (Å²) in [5.41, 5.74) is 1.58. The van der Waals surface area contributed by atoms with Crippen LogP contribution in [-0.2, 0) is 6.54 Å². The number of nitrogens with one attached hydrogen (secondary N) is 1. The summed E-state index contributed by atoms with van der Waals surface area (Å²) >= 11 is 0. The van der Waals surface area contributed by atoms with E-state index in [1.807, 2.05) is 24.3 Å². The van der Waals surface area contributed by atoms with E-state index in [1.165, 1.54) is 13.2 Å². The van der Waals surface area contributed by atoms with E-state index in [2.05, 4.69) is 5.32 Å².